The predicted octanol–water partition coefficient (Wildman–Crippen LogP) is 3.86. The predicted molar refractivity (Wildman–Crippen MR) is 69.3 cm³/mol. The molecule has 0 bridgehead atoms. The highest BCUT2D eigenvalue weighted by atomic mass is 32.2. The quantitative estimate of drug-likeness (QED) is 0.684. The van der Waals surface area contributed by atoms with E-state index in [4.69, 9.17) is 0 Å². The lowest BCUT2D eigenvalue weighted by molar-refractivity contribution is -0.139. The summed E-state index contributed by atoms with van der Waals surface area (Å²) in [5.41, 5.74) is -1.62. The molecule has 2 aromatic carbocycles. The lowest BCUT2D eigenvalue weighted by atomic mass is 10.0. The first-order chi connectivity index (χ1) is 10.2. The maximum absolute atomic E-state index is 13.7. The zero-order valence-electron chi connectivity index (χ0n) is 10.6. The molecular formula is C13H7F5NO2S-. The first kappa shape index (κ1) is 16.4. The van der Waals surface area contributed by atoms with Crippen LogP contribution in [0.5, 0.6) is 0 Å². The van der Waals surface area contributed by atoms with Crippen LogP contribution in [0.4, 0.5) is 27.6 Å². The van der Waals surface area contributed by atoms with Crippen molar-refractivity contribution in [3.05, 3.63) is 53.6 Å². The Morgan fingerprint density at radius 1 is 0.955 bits per heavy atom. The molecule has 118 valence electrons. The van der Waals surface area contributed by atoms with Crippen LogP contribution in [-0.4, -0.2) is 8.76 Å². The van der Waals surface area contributed by atoms with Crippen molar-refractivity contribution < 1.29 is 30.7 Å². The number of halogens is 5. The summed E-state index contributed by atoms with van der Waals surface area (Å²) in [6, 6.07) is 5.41. The van der Waals surface area contributed by atoms with Crippen molar-refractivity contribution in [2.24, 2.45) is 0 Å². The summed E-state index contributed by atoms with van der Waals surface area (Å²) in [4.78, 5) is 0. The second-order valence-corrected chi connectivity index (χ2v) is 4.90. The van der Waals surface area contributed by atoms with Gasteiger partial charge in [-0.3, -0.25) is 4.21 Å². The SMILES string of the molecule is O=S([O-])Nc1ccc(-c2ccc(C(F)(F)F)c(F)c2)cc1F. The fraction of sp³-hybridized carbons (Fsp3) is 0.0769. The van der Waals surface area contributed by atoms with Crippen LogP contribution in [0.25, 0.3) is 11.1 Å². The Kier molecular flexibility index (Phi) is 4.47. The zero-order chi connectivity index (χ0) is 16.5. The molecule has 1 atom stereocenters. The molecule has 0 radical (unpaired) electrons. The first-order valence-corrected chi connectivity index (χ1v) is 6.78. The molecule has 1 N–H and O–H groups in total. The van der Waals surface area contributed by atoms with Gasteiger partial charge in [-0.1, -0.05) is 12.1 Å². The van der Waals surface area contributed by atoms with Gasteiger partial charge in [0.25, 0.3) is 0 Å². The largest absolute Gasteiger partial charge is 0.755 e. The van der Waals surface area contributed by atoms with Crippen molar-refractivity contribution in [2.45, 2.75) is 6.18 Å². The molecule has 0 spiro atoms. The minimum Gasteiger partial charge on any atom is -0.755 e. The number of rotatable bonds is 3. The summed E-state index contributed by atoms with van der Waals surface area (Å²) in [5, 5.41) is 0. The third kappa shape index (κ3) is 3.60. The van der Waals surface area contributed by atoms with E-state index in [1.165, 1.54) is 6.07 Å². The fourth-order valence-electron chi connectivity index (χ4n) is 1.79. The molecule has 0 amide bonds. The highest BCUT2D eigenvalue weighted by Crippen LogP contribution is 2.34. The van der Waals surface area contributed by atoms with Crippen LogP contribution < -0.4 is 4.72 Å². The van der Waals surface area contributed by atoms with Crippen LogP contribution in [-0.2, 0) is 17.4 Å². The number of anilines is 1. The third-order valence-electron chi connectivity index (χ3n) is 2.77. The normalized spacial score (nSPS) is 13.0. The second kappa shape index (κ2) is 6.01. The van der Waals surface area contributed by atoms with Gasteiger partial charge in [-0.25, -0.2) is 8.78 Å². The molecule has 0 saturated carbocycles. The van der Waals surface area contributed by atoms with Gasteiger partial charge in [-0.15, -0.1) is 0 Å². The molecule has 0 aliphatic carbocycles. The van der Waals surface area contributed by atoms with Crippen molar-refractivity contribution in [3.63, 3.8) is 0 Å². The Balaban J connectivity index is 2.39. The molecule has 0 aromatic heterocycles. The molecule has 0 heterocycles. The smallest absolute Gasteiger partial charge is 0.419 e. The minimum absolute atomic E-state index is 0.0270. The van der Waals surface area contributed by atoms with E-state index in [1.54, 1.807) is 0 Å². The molecule has 0 aliphatic heterocycles. The highest BCUT2D eigenvalue weighted by molar-refractivity contribution is 7.80. The molecule has 0 saturated heterocycles. The third-order valence-corrected chi connectivity index (χ3v) is 3.16. The summed E-state index contributed by atoms with van der Waals surface area (Å²) in [5.74, 6) is -2.42. The minimum atomic E-state index is -4.82. The number of hydrogen-bond acceptors (Lipinski definition) is 2. The van der Waals surface area contributed by atoms with Gasteiger partial charge in [-0.05, 0) is 35.4 Å². The van der Waals surface area contributed by atoms with Gasteiger partial charge in [0.2, 0.25) is 0 Å². The van der Waals surface area contributed by atoms with Gasteiger partial charge < -0.3 is 9.27 Å². The Labute approximate surface area is 124 Å². The van der Waals surface area contributed by atoms with Crippen molar-refractivity contribution in [2.75, 3.05) is 4.72 Å². The maximum Gasteiger partial charge on any atom is 0.419 e. The molecule has 0 aliphatic rings. The van der Waals surface area contributed by atoms with Crippen molar-refractivity contribution >= 4 is 17.0 Å². The summed E-state index contributed by atoms with van der Waals surface area (Å²) < 4.78 is 87.1. The van der Waals surface area contributed by atoms with E-state index in [-0.39, 0.29) is 16.8 Å². The van der Waals surface area contributed by atoms with E-state index < -0.39 is 34.6 Å². The van der Waals surface area contributed by atoms with Crippen molar-refractivity contribution in [1.82, 2.24) is 0 Å². The van der Waals surface area contributed by atoms with E-state index in [0.717, 1.165) is 18.2 Å². The Hall–Kier alpha value is -2.00. The molecule has 1 unspecified atom stereocenters. The summed E-state index contributed by atoms with van der Waals surface area (Å²) in [6.07, 6.45) is -4.82. The van der Waals surface area contributed by atoms with Gasteiger partial charge >= 0.3 is 6.18 Å². The van der Waals surface area contributed by atoms with E-state index in [9.17, 15) is 30.7 Å². The van der Waals surface area contributed by atoms with Crippen LogP contribution in [0.3, 0.4) is 0 Å². The van der Waals surface area contributed by atoms with Gasteiger partial charge in [0.15, 0.2) is 0 Å². The Morgan fingerprint density at radius 2 is 1.50 bits per heavy atom. The summed E-state index contributed by atoms with van der Waals surface area (Å²) in [7, 11) is 0. The van der Waals surface area contributed by atoms with Crippen molar-refractivity contribution in [3.8, 4) is 11.1 Å². The lowest BCUT2D eigenvalue weighted by Crippen LogP contribution is -2.08. The molecular weight excluding hydrogens is 329 g/mol. The first-order valence-electron chi connectivity index (χ1n) is 5.71. The number of nitrogens with one attached hydrogen (secondary N) is 1. The standard InChI is InChI=1S/C13H8F5NO2S/c14-10-5-7(1-3-9(10)13(16,17)18)8-2-4-12(11(15)6-8)19-22(20)21/h1-6,19H,(H,20,21)/p-1. The van der Waals surface area contributed by atoms with Gasteiger partial charge in [0, 0.05) is 11.3 Å². The average Bonchev–Trinajstić information content (AvgIpc) is 2.39. The average molecular weight is 336 g/mol. The molecule has 2 aromatic rings. The van der Waals surface area contributed by atoms with Gasteiger partial charge in [0.05, 0.1) is 11.3 Å². The van der Waals surface area contributed by atoms with Crippen LogP contribution in [0.15, 0.2) is 36.4 Å². The topological polar surface area (TPSA) is 52.2 Å². The zero-order valence-corrected chi connectivity index (χ0v) is 11.4. The highest BCUT2D eigenvalue weighted by Gasteiger charge is 2.33. The maximum atomic E-state index is 13.7. The van der Waals surface area contributed by atoms with Crippen LogP contribution in [0.1, 0.15) is 5.56 Å². The van der Waals surface area contributed by atoms with Crippen LogP contribution in [0, 0.1) is 11.6 Å². The van der Waals surface area contributed by atoms with Gasteiger partial charge in [0.1, 0.15) is 11.6 Å². The van der Waals surface area contributed by atoms with Gasteiger partial charge in [-0.2, -0.15) is 13.2 Å². The summed E-state index contributed by atoms with van der Waals surface area (Å²) in [6.45, 7) is 0. The number of alkyl halides is 3. The van der Waals surface area contributed by atoms with E-state index in [1.807, 2.05) is 4.72 Å². The fourth-order valence-corrected chi connectivity index (χ4v) is 2.14. The van der Waals surface area contributed by atoms with E-state index in [0.29, 0.717) is 12.1 Å². The van der Waals surface area contributed by atoms with E-state index in [2.05, 4.69) is 0 Å². The van der Waals surface area contributed by atoms with Crippen molar-refractivity contribution in [1.29, 1.82) is 0 Å². The summed E-state index contributed by atoms with van der Waals surface area (Å²) >= 11 is -2.72. The molecule has 2 rings (SSSR count). The van der Waals surface area contributed by atoms with Crippen LogP contribution in [0.2, 0.25) is 0 Å². The Bertz CT molecular complexity index is 733. The molecule has 3 nitrogen and oxygen atoms in total. The Morgan fingerprint density at radius 3 is 1.95 bits per heavy atom. The van der Waals surface area contributed by atoms with Crippen LogP contribution >= 0.6 is 0 Å². The van der Waals surface area contributed by atoms with E-state index >= 15 is 0 Å². The number of benzene rings is 2. The second-order valence-electron chi connectivity index (χ2n) is 4.22. The molecule has 0 fully saturated rings. The lowest BCUT2D eigenvalue weighted by Gasteiger charge is -2.12. The molecule has 22 heavy (non-hydrogen) atoms. The molecule has 9 heteroatoms. The number of hydrogen-bond donors (Lipinski definition) is 1. The monoisotopic (exact) mass is 336 g/mol.